The monoisotopic (exact) mass is 756 g/mol. The molecule has 9 aliphatic rings. The average Bonchev–Trinajstić information content (AvgIpc) is 3.79. The fourth-order valence-corrected chi connectivity index (χ4v) is 14.4. The highest BCUT2D eigenvalue weighted by atomic mass is 35.5. The third kappa shape index (κ3) is 5.43. The van der Waals surface area contributed by atoms with Crippen LogP contribution in [0.1, 0.15) is 64.2 Å². The van der Waals surface area contributed by atoms with Gasteiger partial charge in [0.05, 0.1) is 81.6 Å². The average molecular weight is 760 g/mol. The van der Waals surface area contributed by atoms with Crippen molar-refractivity contribution >= 4 is 69.6 Å². The first-order chi connectivity index (χ1) is 22.3. The summed E-state index contributed by atoms with van der Waals surface area (Å²) in [7, 11) is 0. The Morgan fingerprint density at radius 3 is 1.02 bits per heavy atom. The number of hydrogen-bond acceptors (Lipinski definition) is 8. The molecule has 0 radical (unpaired) electrons. The molecule has 14 heteroatoms. The minimum absolute atomic E-state index is 0.00331. The maximum absolute atomic E-state index is 7.23. The second-order valence-corrected chi connectivity index (χ2v) is 19.2. The fraction of sp³-hybridized carbons (Fsp3) is 1.00. The number of fused-ring (bicyclic) bond motifs is 20. The van der Waals surface area contributed by atoms with Crippen molar-refractivity contribution < 1.29 is 0 Å². The summed E-state index contributed by atoms with van der Waals surface area (Å²) in [5.74, 6) is 2.84. The van der Waals surface area contributed by atoms with Crippen LogP contribution in [0.4, 0.5) is 0 Å². The predicted octanol–water partition coefficient (Wildman–Crippen LogP) is 3.91. The van der Waals surface area contributed by atoms with Gasteiger partial charge in [-0.1, -0.05) is 25.7 Å². The SMILES string of the molecule is ClC1CCC2C3NC4NC(NC5NC(NC6NC(NC(N3)C2C1Cl)C1C(Cl)C(Cl)C(Cl)C(Cl)C61)C1CCCCC51)C1CCCCC41. The Morgan fingerprint density at radius 2 is 0.609 bits per heavy atom. The van der Waals surface area contributed by atoms with E-state index in [0.717, 1.165) is 12.8 Å². The van der Waals surface area contributed by atoms with Crippen LogP contribution in [0.25, 0.3) is 0 Å². The van der Waals surface area contributed by atoms with Gasteiger partial charge in [-0.3, -0.25) is 42.5 Å². The third-order valence-corrected chi connectivity index (χ3v) is 17.8. The Hall–Kier alpha value is 1.42. The van der Waals surface area contributed by atoms with E-state index in [0.29, 0.717) is 29.6 Å². The number of hydrogen-bond donors (Lipinski definition) is 8. The number of rotatable bonds is 0. The summed E-state index contributed by atoms with van der Waals surface area (Å²) < 4.78 is 0. The maximum atomic E-state index is 7.23. The van der Waals surface area contributed by atoms with Gasteiger partial charge in [0.1, 0.15) is 0 Å². The molecular weight excluding hydrogens is 709 g/mol. The van der Waals surface area contributed by atoms with Crippen LogP contribution in [0.5, 0.6) is 0 Å². The van der Waals surface area contributed by atoms with Gasteiger partial charge in [-0.2, -0.15) is 0 Å². The van der Waals surface area contributed by atoms with Crippen molar-refractivity contribution in [3.05, 3.63) is 0 Å². The summed E-state index contributed by atoms with van der Waals surface area (Å²) in [5.41, 5.74) is 0. The van der Waals surface area contributed by atoms with Crippen molar-refractivity contribution in [3.63, 3.8) is 0 Å². The van der Waals surface area contributed by atoms with Gasteiger partial charge in [0.2, 0.25) is 0 Å². The van der Waals surface area contributed by atoms with Crippen molar-refractivity contribution in [2.75, 3.05) is 0 Å². The van der Waals surface area contributed by atoms with Gasteiger partial charge in [-0.15, -0.1) is 69.6 Å². The van der Waals surface area contributed by atoms with Crippen LogP contribution in [0.2, 0.25) is 0 Å². The standard InChI is InChI=1S/C32H50Cl6N8/c33-16-10-9-15-17(20(16)34)30-44-29(15)42-27-12-6-2-1-5-11(12)25(40-27)39-26-13-7-3-4-8-14(13)28(41-26)43-31-18-19(32(45-30)46-31)22(36)24(38)23(37)21(18)35/h11-32,39-46H,1-10H2. The van der Waals surface area contributed by atoms with Crippen molar-refractivity contribution in [3.8, 4) is 0 Å². The van der Waals surface area contributed by atoms with E-state index in [1.807, 2.05) is 0 Å². The molecule has 0 aromatic carbocycles. The molecule has 8 nitrogen and oxygen atoms in total. The molecule has 5 aliphatic heterocycles. The van der Waals surface area contributed by atoms with E-state index < -0.39 is 10.8 Å². The number of halogens is 6. The van der Waals surface area contributed by atoms with Gasteiger partial charge >= 0.3 is 0 Å². The quantitative estimate of drug-likeness (QED) is 0.177. The van der Waals surface area contributed by atoms with E-state index in [9.17, 15) is 0 Å². The zero-order valence-corrected chi connectivity index (χ0v) is 30.6. The first-order valence-corrected chi connectivity index (χ1v) is 20.8. The van der Waals surface area contributed by atoms with Gasteiger partial charge < -0.3 is 0 Å². The van der Waals surface area contributed by atoms with Crippen molar-refractivity contribution in [2.45, 2.75) is 146 Å². The molecule has 8 bridgehead atoms. The molecule has 0 aromatic heterocycles. The summed E-state index contributed by atoms with van der Waals surface area (Å²) in [6.45, 7) is 0. The van der Waals surface area contributed by atoms with Crippen molar-refractivity contribution in [1.82, 2.24) is 42.5 Å². The van der Waals surface area contributed by atoms with E-state index in [1.165, 1.54) is 51.4 Å². The van der Waals surface area contributed by atoms with E-state index in [2.05, 4.69) is 42.5 Å². The predicted molar refractivity (Wildman–Crippen MR) is 187 cm³/mol. The highest BCUT2D eigenvalue weighted by molar-refractivity contribution is 6.38. The Kier molecular flexibility index (Phi) is 9.49. The largest absolute Gasteiger partial charge is 0.286 e. The van der Waals surface area contributed by atoms with Crippen LogP contribution in [-0.2, 0) is 0 Å². The molecule has 4 saturated carbocycles. The Balaban J connectivity index is 1.09. The zero-order chi connectivity index (χ0) is 31.4. The van der Waals surface area contributed by atoms with Crippen LogP contribution in [0.3, 0.4) is 0 Å². The van der Waals surface area contributed by atoms with E-state index in [1.54, 1.807) is 0 Å². The normalized spacial score (nSPS) is 61.4. The fourth-order valence-electron chi connectivity index (χ4n) is 11.9. The summed E-state index contributed by atoms with van der Waals surface area (Å²) in [4.78, 5) is 0. The lowest BCUT2D eigenvalue weighted by atomic mass is 9.75. The third-order valence-electron chi connectivity index (χ3n) is 14.0. The molecule has 260 valence electrons. The van der Waals surface area contributed by atoms with Gasteiger partial charge in [-0.05, 0) is 68.1 Å². The minimum Gasteiger partial charge on any atom is -0.286 e. The highest BCUT2D eigenvalue weighted by Crippen LogP contribution is 2.50. The molecule has 22 unspecified atom stereocenters. The zero-order valence-electron chi connectivity index (χ0n) is 26.0. The second-order valence-electron chi connectivity index (χ2n) is 16.1. The molecule has 0 amide bonds. The molecule has 0 aromatic rings. The molecule has 4 aliphatic carbocycles. The Morgan fingerprint density at radius 1 is 0.283 bits per heavy atom. The topological polar surface area (TPSA) is 96.2 Å². The van der Waals surface area contributed by atoms with Crippen molar-refractivity contribution in [1.29, 1.82) is 0 Å². The first kappa shape index (κ1) is 33.3. The van der Waals surface area contributed by atoms with Crippen LogP contribution < -0.4 is 42.5 Å². The first-order valence-electron chi connectivity index (χ1n) is 18.2. The molecule has 9 fully saturated rings. The van der Waals surface area contributed by atoms with E-state index in [-0.39, 0.29) is 88.6 Å². The smallest absolute Gasteiger partial charge is 0.0681 e. The van der Waals surface area contributed by atoms with Crippen molar-refractivity contribution in [2.24, 2.45) is 47.3 Å². The van der Waals surface area contributed by atoms with Gasteiger partial charge in [0, 0.05) is 17.8 Å². The second kappa shape index (κ2) is 13.1. The lowest BCUT2D eigenvalue weighted by Crippen LogP contribution is -2.62. The van der Waals surface area contributed by atoms with Crippen LogP contribution in [-0.4, -0.2) is 81.6 Å². The summed E-state index contributed by atoms with van der Waals surface area (Å²) in [5, 5.41) is 30.8. The van der Waals surface area contributed by atoms with E-state index in [4.69, 9.17) is 69.6 Å². The molecule has 0 spiro atoms. The van der Waals surface area contributed by atoms with Gasteiger partial charge in [0.25, 0.3) is 0 Å². The van der Waals surface area contributed by atoms with Crippen LogP contribution in [0, 0.1) is 47.3 Å². The molecule has 46 heavy (non-hydrogen) atoms. The maximum Gasteiger partial charge on any atom is 0.0681 e. The lowest BCUT2D eigenvalue weighted by molar-refractivity contribution is 0.171. The molecule has 22 atom stereocenters. The summed E-state index contributed by atoms with van der Waals surface area (Å²) in [6.07, 6.45) is 13.0. The van der Waals surface area contributed by atoms with Gasteiger partial charge in [-0.25, -0.2) is 0 Å². The minimum atomic E-state index is -0.432. The Labute approximate surface area is 303 Å². The molecule has 9 rings (SSSR count). The van der Waals surface area contributed by atoms with E-state index >= 15 is 0 Å². The summed E-state index contributed by atoms with van der Waals surface area (Å²) >= 11 is 42.4. The Bertz CT molecular complexity index is 1130. The number of nitrogens with one attached hydrogen (secondary N) is 8. The number of alkyl halides is 6. The highest BCUT2D eigenvalue weighted by Gasteiger charge is 2.61. The van der Waals surface area contributed by atoms with Gasteiger partial charge in [0.15, 0.2) is 0 Å². The molecular formula is C32H50Cl6N8. The van der Waals surface area contributed by atoms with Crippen LogP contribution in [0.15, 0.2) is 0 Å². The lowest BCUT2D eigenvalue weighted by Gasteiger charge is -2.44. The molecule has 5 saturated heterocycles. The van der Waals surface area contributed by atoms with Crippen LogP contribution >= 0.6 is 69.6 Å². The molecule has 5 heterocycles. The summed E-state index contributed by atoms with van der Waals surface area (Å²) in [6, 6.07) is 0. The molecule has 8 N–H and O–H groups in total.